The third-order valence-electron chi connectivity index (χ3n) is 5.49. The van der Waals surface area contributed by atoms with E-state index in [1.165, 1.54) is 0 Å². The average Bonchev–Trinajstić information content (AvgIpc) is 3.07. The van der Waals surface area contributed by atoms with Crippen molar-refractivity contribution in [1.29, 1.82) is 0 Å². The number of hydrogen-bond donors (Lipinski definition) is 2. The van der Waals surface area contributed by atoms with E-state index in [0.717, 1.165) is 42.9 Å². The first kappa shape index (κ1) is 17.3. The second-order valence-electron chi connectivity index (χ2n) is 7.28. The van der Waals surface area contributed by atoms with Crippen LogP contribution >= 0.6 is 11.6 Å². The Kier molecular flexibility index (Phi) is 4.80. The molecule has 1 aromatic heterocycles. The zero-order valence-electron chi connectivity index (χ0n) is 14.7. The summed E-state index contributed by atoms with van der Waals surface area (Å²) < 4.78 is 1.68. The highest BCUT2D eigenvalue weighted by atomic mass is 35.5. The molecule has 2 N–H and O–H groups in total. The second kappa shape index (κ2) is 7.23. The Bertz CT molecular complexity index is 776. The topological polar surface area (TPSA) is 84.7 Å². The molecule has 2 fully saturated rings. The van der Waals surface area contributed by atoms with Gasteiger partial charge >= 0.3 is 0 Å². The normalized spacial score (nSPS) is 28.3. The van der Waals surface area contributed by atoms with Crippen LogP contribution in [0.15, 0.2) is 24.3 Å². The number of benzene rings is 1. The molecule has 1 aromatic carbocycles. The molecule has 7 nitrogen and oxygen atoms in total. The molecule has 1 aliphatic carbocycles. The Labute approximate surface area is 157 Å². The number of amides is 1. The number of carbonyl (C=O) groups excluding carboxylic acids is 1. The predicted molar refractivity (Wildman–Crippen MR) is 99.4 cm³/mol. The molecule has 2 aliphatic rings. The molecule has 4 atom stereocenters. The third-order valence-corrected chi connectivity index (χ3v) is 5.89. The lowest BCUT2D eigenvalue weighted by Crippen LogP contribution is -2.53. The van der Waals surface area contributed by atoms with Crippen molar-refractivity contribution in [3.05, 3.63) is 30.1 Å². The van der Waals surface area contributed by atoms with Crippen molar-refractivity contribution in [1.82, 2.24) is 25.5 Å². The summed E-state index contributed by atoms with van der Waals surface area (Å²) in [6.07, 6.45) is 3.92. The number of anilines is 1. The van der Waals surface area contributed by atoms with Gasteiger partial charge in [-0.15, -0.1) is 16.7 Å². The smallest absolute Gasteiger partial charge is 0.225 e. The van der Waals surface area contributed by atoms with Crippen molar-refractivity contribution in [2.45, 2.75) is 44.0 Å². The van der Waals surface area contributed by atoms with Gasteiger partial charge in [-0.2, -0.15) is 4.68 Å². The molecule has 2 heterocycles. The summed E-state index contributed by atoms with van der Waals surface area (Å²) in [6.45, 7) is 2.49. The number of alkyl halides is 1. The van der Waals surface area contributed by atoms with Gasteiger partial charge in [-0.3, -0.25) is 4.79 Å². The van der Waals surface area contributed by atoms with E-state index in [1.54, 1.807) is 4.68 Å². The molecule has 8 heteroatoms. The number of hydrogen-bond acceptors (Lipinski definition) is 5. The molecule has 4 unspecified atom stereocenters. The van der Waals surface area contributed by atoms with Crippen molar-refractivity contribution in [2.75, 3.05) is 11.9 Å². The Morgan fingerprint density at radius 1 is 1.27 bits per heavy atom. The lowest BCUT2D eigenvalue weighted by molar-refractivity contribution is -0.129. The summed E-state index contributed by atoms with van der Waals surface area (Å²) in [7, 11) is 0. The number of nitrogens with zero attached hydrogens (tertiary/aromatic N) is 4. The number of aryl methyl sites for hydroxylation is 1. The monoisotopic (exact) mass is 374 g/mol. The number of piperidine rings is 1. The lowest BCUT2D eigenvalue weighted by atomic mass is 9.75. The maximum Gasteiger partial charge on any atom is 0.225 e. The largest absolute Gasteiger partial charge is 0.384 e. The molecule has 26 heavy (non-hydrogen) atoms. The Balaban J connectivity index is 1.36. The van der Waals surface area contributed by atoms with Gasteiger partial charge in [-0.25, -0.2) is 0 Å². The van der Waals surface area contributed by atoms with Crippen molar-refractivity contribution < 1.29 is 4.79 Å². The van der Waals surface area contributed by atoms with Crippen LogP contribution in [0.3, 0.4) is 0 Å². The van der Waals surface area contributed by atoms with Gasteiger partial charge in [0.25, 0.3) is 0 Å². The molecule has 1 saturated heterocycles. The number of halogens is 1. The molecule has 1 aliphatic heterocycles. The van der Waals surface area contributed by atoms with E-state index in [-0.39, 0.29) is 17.2 Å². The SMILES string of the molecule is Cc1nnnn1-c1ccc(NCC2CC3CC(Cl)CCC3NC2=O)cc1. The first-order valence-corrected chi connectivity index (χ1v) is 9.57. The van der Waals surface area contributed by atoms with Gasteiger partial charge in [0, 0.05) is 23.7 Å². The minimum Gasteiger partial charge on any atom is -0.384 e. The average molecular weight is 375 g/mol. The first-order valence-electron chi connectivity index (χ1n) is 9.14. The van der Waals surface area contributed by atoms with Crippen LogP contribution in [0.4, 0.5) is 5.69 Å². The molecular formula is C18H23ClN6O. The van der Waals surface area contributed by atoms with Gasteiger partial charge in [-0.1, -0.05) is 0 Å². The zero-order chi connectivity index (χ0) is 18.1. The van der Waals surface area contributed by atoms with Gasteiger partial charge < -0.3 is 10.6 Å². The second-order valence-corrected chi connectivity index (χ2v) is 7.90. The molecule has 0 radical (unpaired) electrons. The van der Waals surface area contributed by atoms with Crippen LogP contribution in [0.5, 0.6) is 0 Å². The standard InChI is InChI=1S/C18H23ClN6O/c1-11-22-23-24-25(11)16-5-3-15(4-6-16)20-10-13-8-12-9-14(19)2-7-17(12)21-18(13)26/h3-6,12-14,17,20H,2,7-10H2,1H3,(H,21,26). The summed E-state index contributed by atoms with van der Waals surface area (Å²) >= 11 is 6.32. The van der Waals surface area contributed by atoms with Crippen molar-refractivity contribution in [3.63, 3.8) is 0 Å². The lowest BCUT2D eigenvalue weighted by Gasteiger charge is -2.41. The van der Waals surface area contributed by atoms with E-state index < -0.39 is 0 Å². The maximum atomic E-state index is 12.4. The van der Waals surface area contributed by atoms with Crippen LogP contribution in [0.25, 0.3) is 5.69 Å². The van der Waals surface area contributed by atoms with Crippen LogP contribution in [0.1, 0.15) is 31.5 Å². The highest BCUT2D eigenvalue weighted by molar-refractivity contribution is 6.20. The fraction of sp³-hybridized carbons (Fsp3) is 0.556. The fourth-order valence-electron chi connectivity index (χ4n) is 4.04. The van der Waals surface area contributed by atoms with E-state index in [1.807, 2.05) is 31.2 Å². The van der Waals surface area contributed by atoms with E-state index in [4.69, 9.17) is 11.6 Å². The van der Waals surface area contributed by atoms with Crippen LogP contribution in [-0.4, -0.2) is 44.1 Å². The van der Waals surface area contributed by atoms with Crippen molar-refractivity contribution in [2.24, 2.45) is 11.8 Å². The zero-order valence-corrected chi connectivity index (χ0v) is 15.5. The van der Waals surface area contributed by atoms with Crippen LogP contribution < -0.4 is 10.6 Å². The van der Waals surface area contributed by atoms with Gasteiger partial charge in [-0.05, 0) is 73.2 Å². The van der Waals surface area contributed by atoms with Gasteiger partial charge in [0.2, 0.25) is 5.91 Å². The highest BCUT2D eigenvalue weighted by Gasteiger charge is 2.38. The number of nitrogens with one attached hydrogen (secondary N) is 2. The first-order chi connectivity index (χ1) is 12.6. The molecule has 138 valence electrons. The predicted octanol–water partition coefficient (Wildman–Crippen LogP) is 2.29. The van der Waals surface area contributed by atoms with Crippen molar-refractivity contribution in [3.8, 4) is 5.69 Å². The molecule has 2 aromatic rings. The Morgan fingerprint density at radius 2 is 2.08 bits per heavy atom. The number of carbonyl (C=O) groups is 1. The summed E-state index contributed by atoms with van der Waals surface area (Å²) in [6, 6.07) is 8.20. The molecular weight excluding hydrogens is 352 g/mol. The highest BCUT2D eigenvalue weighted by Crippen LogP contribution is 2.35. The van der Waals surface area contributed by atoms with Gasteiger partial charge in [0.05, 0.1) is 11.6 Å². The molecule has 0 bridgehead atoms. The summed E-state index contributed by atoms with van der Waals surface area (Å²) in [5, 5.41) is 18.3. The summed E-state index contributed by atoms with van der Waals surface area (Å²) in [4.78, 5) is 12.4. The summed E-state index contributed by atoms with van der Waals surface area (Å²) in [5.74, 6) is 1.39. The maximum absolute atomic E-state index is 12.4. The minimum absolute atomic E-state index is 0.0142. The number of tetrazole rings is 1. The van der Waals surface area contributed by atoms with E-state index >= 15 is 0 Å². The Morgan fingerprint density at radius 3 is 2.81 bits per heavy atom. The summed E-state index contributed by atoms with van der Waals surface area (Å²) in [5.41, 5.74) is 1.89. The Hall–Kier alpha value is -2.15. The molecule has 1 amide bonds. The van der Waals surface area contributed by atoms with E-state index in [9.17, 15) is 4.79 Å². The number of aromatic nitrogens is 4. The van der Waals surface area contributed by atoms with Crippen LogP contribution in [0.2, 0.25) is 0 Å². The van der Waals surface area contributed by atoms with Crippen LogP contribution in [-0.2, 0) is 4.79 Å². The van der Waals surface area contributed by atoms with Gasteiger partial charge in [0.15, 0.2) is 5.82 Å². The number of rotatable bonds is 4. The fourth-order valence-corrected chi connectivity index (χ4v) is 4.39. The molecule has 1 saturated carbocycles. The third kappa shape index (κ3) is 3.53. The van der Waals surface area contributed by atoms with E-state index in [0.29, 0.717) is 18.5 Å². The van der Waals surface area contributed by atoms with Crippen molar-refractivity contribution >= 4 is 23.2 Å². The van der Waals surface area contributed by atoms with Gasteiger partial charge in [0.1, 0.15) is 0 Å². The molecule has 0 spiro atoms. The molecule has 4 rings (SSSR count). The van der Waals surface area contributed by atoms with Crippen LogP contribution in [0, 0.1) is 18.8 Å². The minimum atomic E-state index is -0.0142. The van der Waals surface area contributed by atoms with E-state index in [2.05, 4.69) is 26.2 Å². The quantitative estimate of drug-likeness (QED) is 0.802. The number of fused-ring (bicyclic) bond motifs is 1.